The number of amidine groups is 1. The summed E-state index contributed by atoms with van der Waals surface area (Å²) in [4.78, 5) is 23.8. The number of ether oxygens (including phenoxy) is 1. The number of halogens is 4. The lowest BCUT2D eigenvalue weighted by Crippen LogP contribution is -2.49. The Balaban J connectivity index is 1.27. The Bertz CT molecular complexity index is 1380. The lowest BCUT2D eigenvalue weighted by molar-refractivity contribution is -0.141. The van der Waals surface area contributed by atoms with E-state index in [9.17, 15) is 28.0 Å². The van der Waals surface area contributed by atoms with Gasteiger partial charge in [-0.2, -0.15) is 13.2 Å². The number of rotatable bonds is 7. The summed E-state index contributed by atoms with van der Waals surface area (Å²) < 4.78 is 61.0. The van der Waals surface area contributed by atoms with Crippen LogP contribution in [-0.4, -0.2) is 58.6 Å². The van der Waals surface area contributed by atoms with E-state index in [1.807, 2.05) is 11.8 Å². The number of hydrogen-bond acceptors (Lipinski definition) is 7. The molecule has 40 heavy (non-hydrogen) atoms. The molecule has 1 aromatic carbocycles. The molecule has 13 heteroatoms. The Kier molecular flexibility index (Phi) is 6.47. The van der Waals surface area contributed by atoms with Crippen LogP contribution in [0.3, 0.4) is 0 Å². The summed E-state index contributed by atoms with van der Waals surface area (Å²) in [6.07, 6.45) is -0.709. The average Bonchev–Trinajstić information content (AvgIpc) is 3.84. The molecule has 3 heterocycles. The van der Waals surface area contributed by atoms with Gasteiger partial charge in [-0.05, 0) is 68.3 Å². The predicted molar refractivity (Wildman–Crippen MR) is 139 cm³/mol. The maximum Gasteiger partial charge on any atom is 0.488 e. The Hall–Kier alpha value is -3.03. The quantitative estimate of drug-likeness (QED) is 0.355. The minimum Gasteiger partial charge on any atom is -0.423 e. The molecule has 1 aromatic heterocycles. The van der Waals surface area contributed by atoms with Gasteiger partial charge in [0.15, 0.2) is 0 Å². The number of nitrogens with zero attached hydrogens (tertiary/aromatic N) is 3. The summed E-state index contributed by atoms with van der Waals surface area (Å²) in [5, 5.41) is 22.1. The van der Waals surface area contributed by atoms with Crippen molar-refractivity contribution >= 4 is 30.0 Å². The van der Waals surface area contributed by atoms with E-state index in [2.05, 4.69) is 10.3 Å². The van der Waals surface area contributed by atoms with Crippen molar-refractivity contribution in [3.05, 3.63) is 52.6 Å². The zero-order valence-corrected chi connectivity index (χ0v) is 21.9. The Morgan fingerprint density at radius 1 is 1.15 bits per heavy atom. The summed E-state index contributed by atoms with van der Waals surface area (Å²) in [5.74, 6) is -0.717. The minimum absolute atomic E-state index is 0.0118. The minimum atomic E-state index is -4.58. The number of carbonyl (C=O) groups excluding carboxylic acids is 1. The number of alkyl halides is 3. The zero-order valence-electron chi connectivity index (χ0n) is 21.9. The largest absolute Gasteiger partial charge is 0.488 e. The second-order valence-electron chi connectivity index (χ2n) is 11.5. The number of amides is 1. The summed E-state index contributed by atoms with van der Waals surface area (Å²) in [7, 11) is -1.85. The Morgan fingerprint density at radius 3 is 2.45 bits per heavy atom. The van der Waals surface area contributed by atoms with Crippen LogP contribution in [0.1, 0.15) is 68.0 Å². The molecular formula is C27H29BF4N4O4. The number of pyridine rings is 1. The van der Waals surface area contributed by atoms with Crippen molar-refractivity contribution in [3.8, 4) is 0 Å². The molecule has 2 aliphatic carbocycles. The van der Waals surface area contributed by atoms with E-state index in [0.717, 1.165) is 25.0 Å². The summed E-state index contributed by atoms with van der Waals surface area (Å²) in [6, 6.07) is 4.86. The molecule has 6 rings (SSSR count). The molecule has 0 unspecified atom stereocenters. The first-order valence-corrected chi connectivity index (χ1v) is 13.4. The van der Waals surface area contributed by atoms with Gasteiger partial charge in [0.05, 0.1) is 18.4 Å². The smallest absolute Gasteiger partial charge is 0.423 e. The molecule has 4 aliphatic rings. The zero-order chi connectivity index (χ0) is 28.4. The van der Waals surface area contributed by atoms with Crippen molar-refractivity contribution in [3.63, 3.8) is 0 Å². The molecule has 212 valence electrons. The molecular weight excluding hydrogens is 531 g/mol. The third-order valence-corrected chi connectivity index (χ3v) is 8.40. The van der Waals surface area contributed by atoms with Crippen molar-refractivity contribution in [1.29, 1.82) is 0 Å². The number of aromatic nitrogens is 1. The normalized spacial score (nSPS) is 21.4. The van der Waals surface area contributed by atoms with Gasteiger partial charge in [-0.15, -0.1) is 0 Å². The van der Waals surface area contributed by atoms with Crippen molar-refractivity contribution in [2.45, 2.75) is 75.3 Å². The number of anilines is 1. The number of benzene rings is 1. The average molecular weight is 560 g/mol. The third-order valence-electron chi connectivity index (χ3n) is 8.40. The maximum absolute atomic E-state index is 15.0. The van der Waals surface area contributed by atoms with Gasteiger partial charge in [0, 0.05) is 35.3 Å². The lowest BCUT2D eigenvalue weighted by Gasteiger charge is -2.38. The van der Waals surface area contributed by atoms with Gasteiger partial charge in [-0.3, -0.25) is 9.79 Å². The Morgan fingerprint density at radius 2 is 1.85 bits per heavy atom. The van der Waals surface area contributed by atoms with E-state index in [1.165, 1.54) is 12.1 Å². The molecule has 2 saturated carbocycles. The van der Waals surface area contributed by atoms with Crippen LogP contribution in [0.2, 0.25) is 0 Å². The van der Waals surface area contributed by atoms with Crippen LogP contribution in [0.25, 0.3) is 0 Å². The van der Waals surface area contributed by atoms with Gasteiger partial charge in [-0.1, -0.05) is 6.92 Å². The van der Waals surface area contributed by atoms with E-state index in [-0.39, 0.29) is 48.5 Å². The number of aliphatic imine (C=N–C) groups is 1. The van der Waals surface area contributed by atoms with Crippen LogP contribution < -0.4 is 15.7 Å². The molecule has 1 spiro atoms. The Labute approximate surface area is 228 Å². The molecule has 0 bridgehead atoms. The van der Waals surface area contributed by atoms with Gasteiger partial charge >= 0.3 is 13.3 Å². The topological polar surface area (TPSA) is 107 Å². The third kappa shape index (κ3) is 4.99. The van der Waals surface area contributed by atoms with E-state index < -0.39 is 35.8 Å². The van der Waals surface area contributed by atoms with Crippen LogP contribution in [0.4, 0.5) is 23.2 Å². The monoisotopic (exact) mass is 560 g/mol. The van der Waals surface area contributed by atoms with Gasteiger partial charge in [-0.25, -0.2) is 9.37 Å². The van der Waals surface area contributed by atoms with E-state index in [4.69, 9.17) is 9.73 Å². The summed E-state index contributed by atoms with van der Waals surface area (Å²) in [6.45, 7) is 2.54. The van der Waals surface area contributed by atoms with Gasteiger partial charge in [0.25, 0.3) is 5.91 Å². The van der Waals surface area contributed by atoms with Crippen LogP contribution >= 0.6 is 0 Å². The SMILES string of the molecule is CC1(c2nc(C(F)(F)F)ccc2C2=NC3(CCN(c4cc(B(O)O)cc(F)c4COC4CC4)CC3)C(=O)N2)CC1. The van der Waals surface area contributed by atoms with Gasteiger partial charge in [0.1, 0.15) is 22.9 Å². The molecule has 0 atom stereocenters. The first-order chi connectivity index (χ1) is 18.9. The second kappa shape index (κ2) is 9.52. The van der Waals surface area contributed by atoms with Crippen LogP contribution in [0.15, 0.2) is 29.3 Å². The molecule has 1 saturated heterocycles. The van der Waals surface area contributed by atoms with Gasteiger partial charge < -0.3 is 25.0 Å². The molecule has 3 fully saturated rings. The highest BCUT2D eigenvalue weighted by molar-refractivity contribution is 6.58. The van der Waals surface area contributed by atoms with Crippen molar-refractivity contribution in [2.24, 2.45) is 4.99 Å². The number of piperidine rings is 1. The van der Waals surface area contributed by atoms with Crippen LogP contribution in [0, 0.1) is 5.82 Å². The molecule has 1 amide bonds. The van der Waals surface area contributed by atoms with E-state index in [0.29, 0.717) is 42.7 Å². The highest BCUT2D eigenvalue weighted by Gasteiger charge is 2.49. The van der Waals surface area contributed by atoms with Gasteiger partial charge in [0.2, 0.25) is 0 Å². The van der Waals surface area contributed by atoms with Crippen molar-refractivity contribution < 1.29 is 37.1 Å². The highest BCUT2D eigenvalue weighted by atomic mass is 19.4. The summed E-state index contributed by atoms with van der Waals surface area (Å²) in [5.41, 5.74) is -1.13. The van der Waals surface area contributed by atoms with Crippen molar-refractivity contribution in [2.75, 3.05) is 18.0 Å². The van der Waals surface area contributed by atoms with E-state index >= 15 is 4.39 Å². The molecule has 2 aromatic rings. The first kappa shape index (κ1) is 27.2. The number of nitrogens with one attached hydrogen (secondary N) is 1. The van der Waals surface area contributed by atoms with Crippen LogP contribution in [0.5, 0.6) is 0 Å². The number of carbonyl (C=O) groups is 1. The highest BCUT2D eigenvalue weighted by Crippen LogP contribution is 2.49. The predicted octanol–water partition coefficient (Wildman–Crippen LogP) is 2.57. The standard InChI is InChI=1S/C27H29BF4N4O4/c1-25(6-7-25)22-17(4-5-21(33-22)27(30,31)32)23-34-24(37)26(35-23)8-10-36(11-9-26)20-13-15(28(38)39)12-19(29)18(20)14-40-16-2-3-16/h4-5,12-13,16,38-39H,2-3,6-11,14H2,1H3,(H,34,35,37). The molecule has 8 nitrogen and oxygen atoms in total. The maximum atomic E-state index is 15.0. The molecule has 3 N–H and O–H groups in total. The van der Waals surface area contributed by atoms with E-state index in [1.54, 1.807) is 0 Å². The molecule has 0 radical (unpaired) electrons. The summed E-state index contributed by atoms with van der Waals surface area (Å²) >= 11 is 0. The second-order valence-corrected chi connectivity index (χ2v) is 11.5. The fourth-order valence-electron chi connectivity index (χ4n) is 5.45. The molecule has 2 aliphatic heterocycles. The van der Waals surface area contributed by atoms with Crippen LogP contribution in [-0.2, 0) is 27.7 Å². The first-order valence-electron chi connectivity index (χ1n) is 13.4. The number of hydrogen-bond donors (Lipinski definition) is 3. The fraction of sp³-hybridized carbons (Fsp3) is 0.519. The lowest BCUT2D eigenvalue weighted by atomic mass is 9.79. The fourth-order valence-corrected chi connectivity index (χ4v) is 5.45. The van der Waals surface area contributed by atoms with Crippen molar-refractivity contribution in [1.82, 2.24) is 10.3 Å².